The fourth-order valence-electron chi connectivity index (χ4n) is 2.38. The molecular formula is C18H17N7O3. The third kappa shape index (κ3) is 4.23. The molecule has 0 aliphatic carbocycles. The van der Waals surface area contributed by atoms with E-state index in [4.69, 9.17) is 4.84 Å². The standard InChI is InChI=1S/C18H17N7O3/c1-13(27)25(12-26)16-10-6-9-15(19-16)11-28-21-17(14-7-4-3-5-8-14)18-20-22-23-24(18)2/h3-10,12H,11H2,1-2H3. The van der Waals surface area contributed by atoms with Crippen LogP contribution in [0.15, 0.2) is 53.7 Å². The average Bonchev–Trinajstić information content (AvgIpc) is 3.12. The molecular weight excluding hydrogens is 362 g/mol. The number of pyridine rings is 1. The van der Waals surface area contributed by atoms with E-state index in [1.807, 2.05) is 30.3 Å². The van der Waals surface area contributed by atoms with Gasteiger partial charge in [0.15, 0.2) is 12.3 Å². The Morgan fingerprint density at radius 3 is 2.64 bits per heavy atom. The van der Waals surface area contributed by atoms with Crippen LogP contribution in [0.3, 0.4) is 0 Å². The summed E-state index contributed by atoms with van der Waals surface area (Å²) in [6, 6.07) is 14.3. The highest BCUT2D eigenvalue weighted by Gasteiger charge is 2.15. The molecule has 0 radical (unpaired) electrons. The zero-order valence-corrected chi connectivity index (χ0v) is 15.3. The first-order chi connectivity index (χ1) is 13.6. The molecule has 0 fully saturated rings. The first-order valence-electron chi connectivity index (χ1n) is 8.29. The van der Waals surface area contributed by atoms with E-state index < -0.39 is 5.91 Å². The summed E-state index contributed by atoms with van der Waals surface area (Å²) < 4.78 is 1.49. The number of tetrazole rings is 1. The lowest BCUT2D eigenvalue weighted by atomic mass is 10.1. The molecule has 28 heavy (non-hydrogen) atoms. The lowest BCUT2D eigenvalue weighted by Crippen LogP contribution is -2.27. The van der Waals surface area contributed by atoms with Gasteiger partial charge in [-0.15, -0.1) is 5.10 Å². The number of benzene rings is 1. The Bertz CT molecular complexity index is 1000. The number of imide groups is 1. The fraction of sp³-hybridized carbons (Fsp3) is 0.167. The van der Waals surface area contributed by atoms with Crippen molar-refractivity contribution in [3.8, 4) is 0 Å². The Morgan fingerprint density at radius 2 is 2.00 bits per heavy atom. The van der Waals surface area contributed by atoms with Crippen molar-refractivity contribution in [2.24, 2.45) is 12.2 Å². The van der Waals surface area contributed by atoms with Gasteiger partial charge < -0.3 is 4.84 Å². The Kier molecular flexibility index (Phi) is 5.80. The highest BCUT2D eigenvalue weighted by atomic mass is 16.6. The maximum absolute atomic E-state index is 11.5. The molecule has 0 unspecified atom stereocenters. The SMILES string of the molecule is CC(=O)N(C=O)c1cccc(CON=C(c2ccccc2)c2nnnn2C)n1. The predicted octanol–water partition coefficient (Wildman–Crippen LogP) is 1.08. The van der Waals surface area contributed by atoms with Gasteiger partial charge in [-0.3, -0.25) is 9.59 Å². The van der Waals surface area contributed by atoms with Gasteiger partial charge in [0.2, 0.25) is 18.1 Å². The van der Waals surface area contributed by atoms with E-state index in [2.05, 4.69) is 25.7 Å². The number of hydrogen-bond donors (Lipinski definition) is 0. The van der Waals surface area contributed by atoms with E-state index in [1.165, 1.54) is 11.6 Å². The quantitative estimate of drug-likeness (QED) is 0.343. The molecule has 3 rings (SSSR count). The molecule has 1 aromatic carbocycles. The normalized spacial score (nSPS) is 11.1. The molecule has 2 heterocycles. The van der Waals surface area contributed by atoms with E-state index in [0.717, 1.165) is 10.5 Å². The minimum Gasteiger partial charge on any atom is -0.389 e. The Morgan fingerprint density at radius 1 is 1.21 bits per heavy atom. The maximum atomic E-state index is 11.5. The molecule has 0 aliphatic heterocycles. The van der Waals surface area contributed by atoms with Crippen LogP contribution in [0, 0.1) is 0 Å². The Hall–Kier alpha value is -3.95. The molecule has 2 amide bonds. The molecule has 0 bridgehead atoms. The van der Waals surface area contributed by atoms with Gasteiger partial charge in [-0.05, 0) is 22.6 Å². The molecule has 0 saturated carbocycles. The Balaban J connectivity index is 1.82. The molecule has 10 heteroatoms. The highest BCUT2D eigenvalue weighted by Crippen LogP contribution is 2.12. The van der Waals surface area contributed by atoms with Crippen molar-refractivity contribution in [3.63, 3.8) is 0 Å². The van der Waals surface area contributed by atoms with Gasteiger partial charge in [-0.2, -0.15) is 0 Å². The van der Waals surface area contributed by atoms with Crippen molar-refractivity contribution >= 4 is 23.8 Å². The highest BCUT2D eigenvalue weighted by molar-refractivity contribution is 6.10. The first kappa shape index (κ1) is 18.8. The van der Waals surface area contributed by atoms with Crippen LogP contribution in [-0.2, 0) is 28.1 Å². The fourth-order valence-corrected chi connectivity index (χ4v) is 2.38. The smallest absolute Gasteiger partial charge is 0.231 e. The van der Waals surface area contributed by atoms with Gasteiger partial charge in [0.05, 0.1) is 5.69 Å². The zero-order chi connectivity index (χ0) is 19.9. The molecule has 0 spiro atoms. The van der Waals surface area contributed by atoms with Crippen molar-refractivity contribution in [2.45, 2.75) is 13.5 Å². The predicted molar refractivity (Wildman–Crippen MR) is 99.1 cm³/mol. The van der Waals surface area contributed by atoms with Crippen LogP contribution in [0.4, 0.5) is 5.82 Å². The summed E-state index contributed by atoms with van der Waals surface area (Å²) in [7, 11) is 1.70. The van der Waals surface area contributed by atoms with Crippen LogP contribution in [0.1, 0.15) is 24.0 Å². The zero-order valence-electron chi connectivity index (χ0n) is 15.3. The van der Waals surface area contributed by atoms with Gasteiger partial charge in [0, 0.05) is 19.5 Å². The van der Waals surface area contributed by atoms with Crippen molar-refractivity contribution in [2.75, 3.05) is 4.90 Å². The molecule has 2 aromatic heterocycles. The maximum Gasteiger partial charge on any atom is 0.231 e. The van der Waals surface area contributed by atoms with Crippen molar-refractivity contribution < 1.29 is 14.4 Å². The van der Waals surface area contributed by atoms with Gasteiger partial charge in [-0.25, -0.2) is 14.6 Å². The molecule has 142 valence electrons. The molecule has 0 N–H and O–H groups in total. The minimum atomic E-state index is -0.431. The number of carbonyl (C=O) groups is 2. The first-order valence-corrected chi connectivity index (χ1v) is 8.29. The van der Waals surface area contributed by atoms with E-state index in [9.17, 15) is 9.59 Å². The monoisotopic (exact) mass is 379 g/mol. The van der Waals surface area contributed by atoms with Crippen molar-refractivity contribution in [1.82, 2.24) is 25.2 Å². The Labute approximate surface area is 160 Å². The number of aromatic nitrogens is 5. The van der Waals surface area contributed by atoms with E-state index in [0.29, 0.717) is 23.6 Å². The number of hydrogen-bond acceptors (Lipinski definition) is 8. The summed E-state index contributed by atoms with van der Waals surface area (Å²) in [5, 5.41) is 15.6. The number of oxime groups is 1. The van der Waals surface area contributed by atoms with Gasteiger partial charge in [0.25, 0.3) is 0 Å². The molecule has 3 aromatic rings. The molecule has 0 atom stereocenters. The number of anilines is 1. The number of carbonyl (C=O) groups excluding carboxylic acids is 2. The van der Waals surface area contributed by atoms with E-state index >= 15 is 0 Å². The van der Waals surface area contributed by atoms with Crippen LogP contribution in [0.2, 0.25) is 0 Å². The van der Waals surface area contributed by atoms with Crippen molar-refractivity contribution in [3.05, 3.63) is 65.6 Å². The molecule has 10 nitrogen and oxygen atoms in total. The number of aryl methyl sites for hydroxylation is 1. The molecule has 0 saturated heterocycles. The lowest BCUT2D eigenvalue weighted by Gasteiger charge is -2.12. The minimum absolute atomic E-state index is 0.0278. The summed E-state index contributed by atoms with van der Waals surface area (Å²) in [6.45, 7) is 1.31. The number of amides is 2. The summed E-state index contributed by atoms with van der Waals surface area (Å²) >= 11 is 0. The van der Waals surface area contributed by atoms with Crippen LogP contribution < -0.4 is 4.90 Å². The van der Waals surface area contributed by atoms with E-state index in [-0.39, 0.29) is 12.4 Å². The average molecular weight is 379 g/mol. The lowest BCUT2D eigenvalue weighted by molar-refractivity contribution is -0.120. The second-order valence-electron chi connectivity index (χ2n) is 5.69. The van der Waals surface area contributed by atoms with Gasteiger partial charge in [-0.1, -0.05) is 41.6 Å². The van der Waals surface area contributed by atoms with Crippen LogP contribution >= 0.6 is 0 Å². The van der Waals surface area contributed by atoms with Crippen LogP contribution in [0.5, 0.6) is 0 Å². The largest absolute Gasteiger partial charge is 0.389 e. The van der Waals surface area contributed by atoms with Gasteiger partial charge >= 0.3 is 0 Å². The third-order valence-electron chi connectivity index (χ3n) is 3.73. The van der Waals surface area contributed by atoms with Crippen molar-refractivity contribution in [1.29, 1.82) is 0 Å². The number of nitrogens with zero attached hydrogens (tertiary/aromatic N) is 7. The molecule has 0 aliphatic rings. The summed E-state index contributed by atoms with van der Waals surface area (Å²) in [6.07, 6.45) is 0.419. The number of rotatable bonds is 7. The third-order valence-corrected chi connectivity index (χ3v) is 3.73. The second-order valence-corrected chi connectivity index (χ2v) is 5.69. The summed E-state index contributed by atoms with van der Waals surface area (Å²) in [5.74, 6) is 0.227. The van der Waals surface area contributed by atoms with Crippen LogP contribution in [0.25, 0.3) is 0 Å². The summed E-state index contributed by atoms with van der Waals surface area (Å²) in [5.41, 5.74) is 1.74. The van der Waals surface area contributed by atoms with E-state index in [1.54, 1.807) is 25.2 Å². The van der Waals surface area contributed by atoms with Crippen LogP contribution in [-0.4, -0.2) is 43.2 Å². The summed E-state index contributed by atoms with van der Waals surface area (Å²) in [4.78, 5) is 33.2. The van der Waals surface area contributed by atoms with Gasteiger partial charge in [0.1, 0.15) is 5.82 Å². The second kappa shape index (κ2) is 8.62. The topological polar surface area (TPSA) is 115 Å².